The molecule has 180 valence electrons. The van der Waals surface area contributed by atoms with Crippen molar-refractivity contribution in [2.45, 2.75) is 29.7 Å². The van der Waals surface area contributed by atoms with Gasteiger partial charge in [-0.15, -0.1) is 0 Å². The van der Waals surface area contributed by atoms with Crippen molar-refractivity contribution in [2.24, 2.45) is 0 Å². The Morgan fingerprint density at radius 2 is 1.41 bits per heavy atom. The number of amides is 1. The Kier molecular flexibility index (Phi) is 7.70. The molecule has 3 rings (SSSR count). The molecule has 0 saturated heterocycles. The molecule has 1 amide bonds. The summed E-state index contributed by atoms with van der Waals surface area (Å²) in [6.07, 6.45) is 1.12. The van der Waals surface area contributed by atoms with E-state index in [9.17, 15) is 21.6 Å². The molecule has 0 aromatic heterocycles. The molecule has 3 aromatic rings. The van der Waals surface area contributed by atoms with Crippen molar-refractivity contribution in [2.75, 3.05) is 17.1 Å². The number of nitrogens with one attached hydrogen (secondary N) is 1. The fraction of sp³-hybridized carbons (Fsp3) is 0.208. The van der Waals surface area contributed by atoms with E-state index in [0.29, 0.717) is 16.3 Å². The Balaban J connectivity index is 1.85. The van der Waals surface area contributed by atoms with Gasteiger partial charge in [0.25, 0.3) is 10.0 Å². The molecule has 0 fully saturated rings. The summed E-state index contributed by atoms with van der Waals surface area (Å²) < 4.78 is 51.2. The molecule has 0 aliphatic rings. The first-order valence-electron chi connectivity index (χ1n) is 10.3. The third-order valence-electron chi connectivity index (χ3n) is 5.20. The van der Waals surface area contributed by atoms with Crippen LogP contribution in [0.4, 0.5) is 5.69 Å². The lowest BCUT2D eigenvalue weighted by Gasteiger charge is -2.25. The second-order valence-electron chi connectivity index (χ2n) is 7.93. The summed E-state index contributed by atoms with van der Waals surface area (Å²) in [7, 11) is -7.39. The molecule has 1 N–H and O–H groups in total. The van der Waals surface area contributed by atoms with Gasteiger partial charge in [-0.2, -0.15) is 0 Å². The third-order valence-corrected chi connectivity index (χ3v) is 8.37. The zero-order valence-electron chi connectivity index (χ0n) is 18.9. The lowest BCUT2D eigenvalue weighted by molar-refractivity contribution is -0.120. The van der Waals surface area contributed by atoms with Crippen molar-refractivity contribution in [1.82, 2.24) is 5.32 Å². The highest BCUT2D eigenvalue weighted by atomic mass is 35.5. The minimum Gasteiger partial charge on any atom is -0.348 e. The highest BCUT2D eigenvalue weighted by Crippen LogP contribution is 2.25. The molecule has 0 aliphatic carbocycles. The van der Waals surface area contributed by atoms with E-state index >= 15 is 0 Å². The first-order valence-corrected chi connectivity index (χ1v) is 14.0. The quantitative estimate of drug-likeness (QED) is 0.481. The Morgan fingerprint density at radius 1 is 0.882 bits per heavy atom. The van der Waals surface area contributed by atoms with Gasteiger partial charge >= 0.3 is 0 Å². The minimum atomic E-state index is -4.05. The molecule has 0 spiro atoms. The molecule has 0 unspecified atom stereocenters. The van der Waals surface area contributed by atoms with Gasteiger partial charge in [-0.05, 0) is 67.9 Å². The van der Waals surface area contributed by atoms with E-state index in [1.165, 1.54) is 36.4 Å². The van der Waals surface area contributed by atoms with E-state index in [2.05, 4.69) is 5.32 Å². The maximum atomic E-state index is 13.4. The summed E-state index contributed by atoms with van der Waals surface area (Å²) in [4.78, 5) is 13.1. The third kappa shape index (κ3) is 6.16. The van der Waals surface area contributed by atoms with Crippen molar-refractivity contribution in [3.8, 4) is 0 Å². The number of sulfone groups is 1. The number of halogens is 1. The van der Waals surface area contributed by atoms with Crippen molar-refractivity contribution in [3.63, 3.8) is 0 Å². The van der Waals surface area contributed by atoms with Crippen LogP contribution < -0.4 is 9.62 Å². The van der Waals surface area contributed by atoms with Gasteiger partial charge in [-0.3, -0.25) is 9.10 Å². The predicted octanol–water partition coefficient (Wildman–Crippen LogP) is 4.12. The highest BCUT2D eigenvalue weighted by Gasteiger charge is 2.27. The maximum absolute atomic E-state index is 13.4. The molecule has 34 heavy (non-hydrogen) atoms. The Labute approximate surface area is 205 Å². The number of carbonyl (C=O) groups excluding carboxylic acids is 1. The number of anilines is 1. The number of carbonyl (C=O) groups is 1. The summed E-state index contributed by atoms with van der Waals surface area (Å²) in [5.74, 6) is -0.516. The van der Waals surface area contributed by atoms with Crippen LogP contribution in [-0.4, -0.2) is 35.5 Å². The van der Waals surface area contributed by atoms with Crippen LogP contribution in [-0.2, 0) is 24.7 Å². The molecule has 3 aromatic carbocycles. The predicted molar refractivity (Wildman–Crippen MR) is 133 cm³/mol. The van der Waals surface area contributed by atoms with Gasteiger partial charge in [0.05, 0.1) is 21.5 Å². The Hall–Kier alpha value is -2.88. The summed E-state index contributed by atoms with van der Waals surface area (Å²) in [6.45, 7) is 3.17. The Bertz CT molecular complexity index is 1370. The number of benzene rings is 3. The van der Waals surface area contributed by atoms with E-state index in [4.69, 9.17) is 11.6 Å². The van der Waals surface area contributed by atoms with Crippen LogP contribution in [0.3, 0.4) is 0 Å². The first kappa shape index (κ1) is 25.7. The van der Waals surface area contributed by atoms with Crippen molar-refractivity contribution in [3.05, 3.63) is 88.9 Å². The molecule has 0 radical (unpaired) electrons. The largest absolute Gasteiger partial charge is 0.348 e. The zero-order chi connectivity index (χ0) is 25.1. The van der Waals surface area contributed by atoms with Crippen molar-refractivity contribution in [1.29, 1.82) is 0 Å². The van der Waals surface area contributed by atoms with Crippen molar-refractivity contribution >= 4 is 43.1 Å². The second kappa shape index (κ2) is 10.2. The van der Waals surface area contributed by atoms with Gasteiger partial charge in [-0.25, -0.2) is 16.8 Å². The number of hydrogen-bond acceptors (Lipinski definition) is 5. The number of sulfonamides is 1. The standard InChI is InChI=1S/C24H25ClN2O5S2/c1-17-4-10-21(11-5-17)27(34(31,32)23-14-8-20(25)9-15-23)16-24(28)26-18(2)19-6-12-22(13-7-19)33(3,29)30/h4-15,18H,16H2,1-3H3,(H,26,28)/t18-/m0/s1. The highest BCUT2D eigenvalue weighted by molar-refractivity contribution is 7.93. The number of rotatable bonds is 8. The SMILES string of the molecule is Cc1ccc(N(CC(=O)N[C@@H](C)c2ccc(S(C)(=O)=O)cc2)S(=O)(=O)c2ccc(Cl)cc2)cc1. The summed E-state index contributed by atoms with van der Waals surface area (Å²) in [5.41, 5.74) is 1.98. The number of hydrogen-bond donors (Lipinski definition) is 1. The van der Waals surface area contributed by atoms with E-state index in [1.54, 1.807) is 43.3 Å². The first-order chi connectivity index (χ1) is 15.9. The van der Waals surface area contributed by atoms with Crippen LogP contribution in [0, 0.1) is 6.92 Å². The molecule has 10 heteroatoms. The maximum Gasteiger partial charge on any atom is 0.264 e. The molecule has 0 heterocycles. The van der Waals surface area contributed by atoms with Gasteiger partial charge in [0.1, 0.15) is 6.54 Å². The lowest BCUT2D eigenvalue weighted by atomic mass is 10.1. The van der Waals surface area contributed by atoms with Gasteiger partial charge < -0.3 is 5.32 Å². The normalized spacial score (nSPS) is 12.7. The molecule has 0 aliphatic heterocycles. The van der Waals surface area contributed by atoms with Crippen molar-refractivity contribution < 1.29 is 21.6 Å². The van der Waals surface area contributed by atoms with Crippen LogP contribution in [0.15, 0.2) is 82.6 Å². The fourth-order valence-electron chi connectivity index (χ4n) is 3.26. The lowest BCUT2D eigenvalue weighted by Crippen LogP contribution is -2.41. The van der Waals surface area contributed by atoms with Gasteiger partial charge in [-0.1, -0.05) is 41.4 Å². The topological polar surface area (TPSA) is 101 Å². The average molecular weight is 521 g/mol. The number of aryl methyl sites for hydroxylation is 1. The molecule has 7 nitrogen and oxygen atoms in total. The van der Waals surface area contributed by atoms with E-state index in [1.807, 2.05) is 6.92 Å². The van der Waals surface area contributed by atoms with Crippen LogP contribution in [0.25, 0.3) is 0 Å². The molecular formula is C24H25ClN2O5S2. The van der Waals surface area contributed by atoms with E-state index in [-0.39, 0.29) is 9.79 Å². The zero-order valence-corrected chi connectivity index (χ0v) is 21.3. The van der Waals surface area contributed by atoms with Crippen LogP contribution in [0.1, 0.15) is 24.1 Å². The smallest absolute Gasteiger partial charge is 0.264 e. The summed E-state index contributed by atoms with van der Waals surface area (Å²) in [5, 5.41) is 3.18. The van der Waals surface area contributed by atoms with E-state index in [0.717, 1.165) is 16.1 Å². The van der Waals surface area contributed by atoms with Gasteiger partial charge in [0.15, 0.2) is 9.84 Å². The van der Waals surface area contributed by atoms with Gasteiger partial charge in [0, 0.05) is 11.3 Å². The number of nitrogens with zero attached hydrogens (tertiary/aromatic N) is 1. The molecular weight excluding hydrogens is 496 g/mol. The average Bonchev–Trinajstić information content (AvgIpc) is 2.78. The molecule has 0 bridgehead atoms. The molecule has 0 saturated carbocycles. The minimum absolute atomic E-state index is 0.00897. The van der Waals surface area contributed by atoms with Crippen LogP contribution >= 0.6 is 11.6 Å². The molecule has 1 atom stereocenters. The Morgan fingerprint density at radius 3 is 1.94 bits per heavy atom. The van der Waals surface area contributed by atoms with E-state index < -0.39 is 38.4 Å². The second-order valence-corrected chi connectivity index (χ2v) is 12.2. The monoisotopic (exact) mass is 520 g/mol. The van der Waals surface area contributed by atoms with Gasteiger partial charge in [0.2, 0.25) is 5.91 Å². The fourth-order valence-corrected chi connectivity index (χ4v) is 5.44. The van der Waals surface area contributed by atoms with Crippen LogP contribution in [0.5, 0.6) is 0 Å². The summed E-state index contributed by atoms with van der Waals surface area (Å²) in [6, 6.07) is 18.2. The summed E-state index contributed by atoms with van der Waals surface area (Å²) >= 11 is 5.90. The van der Waals surface area contributed by atoms with Crippen LogP contribution in [0.2, 0.25) is 5.02 Å².